The van der Waals surface area contributed by atoms with Gasteiger partial charge in [0, 0.05) is 25.4 Å². The van der Waals surface area contributed by atoms with Gasteiger partial charge in [-0.2, -0.15) is 0 Å². The van der Waals surface area contributed by atoms with Gasteiger partial charge in [0.15, 0.2) is 5.11 Å². The largest absolute Gasteiger partial charge is 0.465 e. The van der Waals surface area contributed by atoms with Gasteiger partial charge in [-0.1, -0.05) is 18.2 Å². The second-order valence-electron chi connectivity index (χ2n) is 7.08. The van der Waals surface area contributed by atoms with Gasteiger partial charge in [0.2, 0.25) is 0 Å². The molecule has 1 fully saturated rings. The molecule has 1 saturated heterocycles. The molecule has 1 aromatic carbocycles. The molecule has 1 aliphatic heterocycles. The Balaban J connectivity index is 1.65. The van der Waals surface area contributed by atoms with Crippen molar-refractivity contribution < 1.29 is 18.7 Å². The van der Waals surface area contributed by atoms with Gasteiger partial charge in [-0.25, -0.2) is 4.79 Å². The highest BCUT2D eigenvalue weighted by Crippen LogP contribution is 2.40. The number of nitrogens with zero attached hydrogens (tertiary/aromatic N) is 2. The molecule has 0 aliphatic carbocycles. The Bertz CT molecular complexity index is 1050. The van der Waals surface area contributed by atoms with Crippen LogP contribution >= 0.6 is 12.2 Å². The molecular formula is C23H23N3O4S. The number of carbonyl (C=O) groups excluding carboxylic acids is 1. The van der Waals surface area contributed by atoms with Crippen molar-refractivity contribution in [1.29, 1.82) is 0 Å². The van der Waals surface area contributed by atoms with E-state index < -0.39 is 0 Å². The average Bonchev–Trinajstić information content (AvgIpc) is 3.42. The number of hydrogen-bond acceptors (Lipinski definition) is 6. The summed E-state index contributed by atoms with van der Waals surface area (Å²) in [5.41, 5.74) is 2.24. The summed E-state index contributed by atoms with van der Waals surface area (Å²) < 4.78 is 16.3. The highest BCUT2D eigenvalue weighted by Gasteiger charge is 2.41. The predicted octanol–water partition coefficient (Wildman–Crippen LogP) is 3.75. The van der Waals surface area contributed by atoms with E-state index in [1.54, 1.807) is 25.4 Å². The van der Waals surface area contributed by atoms with E-state index in [0.29, 0.717) is 29.6 Å². The molecule has 1 aliphatic rings. The average molecular weight is 438 g/mol. The number of methoxy groups -OCH3 is 2. The van der Waals surface area contributed by atoms with Gasteiger partial charge in [0.25, 0.3) is 0 Å². The number of esters is 1. The highest BCUT2D eigenvalue weighted by atomic mass is 32.1. The Morgan fingerprint density at radius 2 is 1.97 bits per heavy atom. The Kier molecular flexibility index (Phi) is 6.29. The van der Waals surface area contributed by atoms with Crippen molar-refractivity contribution in [1.82, 2.24) is 15.2 Å². The van der Waals surface area contributed by atoms with Gasteiger partial charge >= 0.3 is 5.97 Å². The molecule has 8 heteroatoms. The number of rotatable bonds is 7. The molecule has 0 bridgehead atoms. The molecule has 3 heterocycles. The van der Waals surface area contributed by atoms with Crippen molar-refractivity contribution >= 4 is 23.3 Å². The van der Waals surface area contributed by atoms with E-state index in [-0.39, 0.29) is 18.1 Å². The van der Waals surface area contributed by atoms with Crippen molar-refractivity contribution in [3.8, 4) is 11.3 Å². The summed E-state index contributed by atoms with van der Waals surface area (Å²) in [6.45, 7) is 1.16. The number of furan rings is 1. The topological polar surface area (TPSA) is 76.8 Å². The quantitative estimate of drug-likeness (QED) is 0.442. The lowest BCUT2D eigenvalue weighted by Gasteiger charge is -2.25. The standard InChI is InChI=1S/C23H23N3O4S/c1-28-14-13-26-21(20(25-23(26)31)17-5-3-4-12-24-17)19-11-10-18(30-19)15-6-8-16(9-7-15)22(27)29-2/h3-12,20-21H,13-14H2,1-2H3,(H,25,31)/t20-,21+/m0/s1. The molecule has 3 aromatic rings. The van der Waals surface area contributed by atoms with Crippen molar-refractivity contribution in [3.63, 3.8) is 0 Å². The van der Waals surface area contributed by atoms with Crippen molar-refractivity contribution in [2.45, 2.75) is 12.1 Å². The second kappa shape index (κ2) is 9.28. The molecule has 0 saturated carbocycles. The zero-order valence-corrected chi connectivity index (χ0v) is 18.1. The molecule has 0 amide bonds. The fourth-order valence-electron chi connectivity index (χ4n) is 3.70. The Morgan fingerprint density at radius 3 is 2.65 bits per heavy atom. The maximum Gasteiger partial charge on any atom is 0.337 e. The van der Waals surface area contributed by atoms with Gasteiger partial charge < -0.3 is 24.1 Å². The van der Waals surface area contributed by atoms with Crippen LogP contribution in [0.2, 0.25) is 0 Å². The zero-order valence-electron chi connectivity index (χ0n) is 17.3. The number of nitrogens with one attached hydrogen (secondary N) is 1. The number of hydrogen-bond donors (Lipinski definition) is 1. The minimum Gasteiger partial charge on any atom is -0.465 e. The van der Waals surface area contributed by atoms with E-state index >= 15 is 0 Å². The lowest BCUT2D eigenvalue weighted by Crippen LogP contribution is -2.32. The summed E-state index contributed by atoms with van der Waals surface area (Å²) >= 11 is 5.60. The molecule has 7 nitrogen and oxygen atoms in total. The summed E-state index contributed by atoms with van der Waals surface area (Å²) in [5, 5.41) is 4.02. The molecule has 4 rings (SSSR count). The summed E-state index contributed by atoms with van der Waals surface area (Å²) in [6.07, 6.45) is 1.77. The Labute approximate surface area is 186 Å². The number of carbonyl (C=O) groups is 1. The summed E-state index contributed by atoms with van der Waals surface area (Å²) in [5.74, 6) is 1.10. The summed E-state index contributed by atoms with van der Waals surface area (Å²) in [4.78, 5) is 18.3. The van der Waals surface area contributed by atoms with Crippen molar-refractivity contribution in [2.24, 2.45) is 0 Å². The van der Waals surface area contributed by atoms with E-state index in [2.05, 4.69) is 15.2 Å². The van der Waals surface area contributed by atoms with Crippen LogP contribution in [0.4, 0.5) is 0 Å². The van der Waals surface area contributed by atoms with E-state index in [1.807, 2.05) is 42.5 Å². The molecule has 2 aromatic heterocycles. The van der Waals surface area contributed by atoms with Gasteiger partial charge in [-0.05, 0) is 48.6 Å². The molecule has 0 unspecified atom stereocenters. The monoisotopic (exact) mass is 437 g/mol. The zero-order chi connectivity index (χ0) is 21.8. The summed E-state index contributed by atoms with van der Waals surface area (Å²) in [7, 11) is 3.03. The SMILES string of the molecule is COCCN1C(=S)N[C@@H](c2ccccn2)[C@H]1c1ccc(-c2ccc(C(=O)OC)cc2)o1. The van der Waals surface area contributed by atoms with Crippen LogP contribution in [0, 0.1) is 0 Å². The maximum atomic E-state index is 11.7. The summed E-state index contributed by atoms with van der Waals surface area (Å²) in [6, 6.07) is 16.5. The second-order valence-corrected chi connectivity index (χ2v) is 7.47. The lowest BCUT2D eigenvalue weighted by atomic mass is 10.0. The minimum atomic E-state index is -0.371. The van der Waals surface area contributed by atoms with Gasteiger partial charge in [-0.3, -0.25) is 4.98 Å². The van der Waals surface area contributed by atoms with Gasteiger partial charge in [0.05, 0.1) is 31.0 Å². The Hall–Kier alpha value is -3.23. The molecular weight excluding hydrogens is 414 g/mol. The van der Waals surface area contributed by atoms with E-state index in [9.17, 15) is 4.79 Å². The molecule has 160 valence electrons. The van der Waals surface area contributed by atoms with Crippen LogP contribution in [0.5, 0.6) is 0 Å². The number of pyridine rings is 1. The first-order chi connectivity index (χ1) is 15.1. The number of benzene rings is 1. The molecule has 0 radical (unpaired) electrons. The molecule has 31 heavy (non-hydrogen) atoms. The van der Waals surface area contributed by atoms with Crippen LogP contribution in [0.25, 0.3) is 11.3 Å². The highest BCUT2D eigenvalue weighted by molar-refractivity contribution is 7.80. The molecule has 2 atom stereocenters. The molecule has 0 spiro atoms. The fourth-order valence-corrected chi connectivity index (χ4v) is 4.03. The Morgan fingerprint density at radius 1 is 1.16 bits per heavy atom. The third-order valence-electron chi connectivity index (χ3n) is 5.24. The van der Waals surface area contributed by atoms with Crippen LogP contribution in [0.15, 0.2) is 65.2 Å². The first-order valence-electron chi connectivity index (χ1n) is 9.88. The minimum absolute atomic E-state index is 0.147. The van der Waals surface area contributed by atoms with Crippen LogP contribution in [-0.2, 0) is 9.47 Å². The predicted molar refractivity (Wildman–Crippen MR) is 120 cm³/mol. The smallest absolute Gasteiger partial charge is 0.337 e. The van der Waals surface area contributed by atoms with Crippen LogP contribution < -0.4 is 5.32 Å². The lowest BCUT2D eigenvalue weighted by molar-refractivity contribution is 0.0600. The van der Waals surface area contributed by atoms with Crippen LogP contribution in [0.1, 0.15) is 33.9 Å². The van der Waals surface area contributed by atoms with Gasteiger partial charge in [-0.15, -0.1) is 0 Å². The van der Waals surface area contributed by atoms with Crippen molar-refractivity contribution in [3.05, 3.63) is 77.8 Å². The third kappa shape index (κ3) is 4.30. The van der Waals surface area contributed by atoms with Crippen molar-refractivity contribution in [2.75, 3.05) is 27.4 Å². The van der Waals surface area contributed by atoms with Crippen LogP contribution in [-0.4, -0.2) is 48.3 Å². The van der Waals surface area contributed by atoms with Crippen LogP contribution in [0.3, 0.4) is 0 Å². The first-order valence-corrected chi connectivity index (χ1v) is 10.3. The number of thiocarbonyl (C=S) groups is 1. The number of ether oxygens (including phenoxy) is 2. The number of aromatic nitrogens is 1. The normalized spacial score (nSPS) is 18.1. The van der Waals surface area contributed by atoms with Gasteiger partial charge in [0.1, 0.15) is 17.6 Å². The first kappa shape index (κ1) is 21.0. The van der Waals surface area contributed by atoms with E-state index in [4.69, 9.17) is 26.1 Å². The fraction of sp³-hybridized carbons (Fsp3) is 0.261. The maximum absolute atomic E-state index is 11.7. The molecule has 1 N–H and O–H groups in total. The third-order valence-corrected chi connectivity index (χ3v) is 5.60. The van der Waals surface area contributed by atoms with E-state index in [1.165, 1.54) is 7.11 Å². The van der Waals surface area contributed by atoms with E-state index in [0.717, 1.165) is 17.0 Å².